The lowest BCUT2D eigenvalue weighted by Gasteiger charge is -2.34. The van der Waals surface area contributed by atoms with Gasteiger partial charge in [-0.3, -0.25) is 4.79 Å². The highest BCUT2D eigenvalue weighted by Gasteiger charge is 2.28. The summed E-state index contributed by atoms with van der Waals surface area (Å²) in [6, 6.07) is 0.136. The average Bonchev–Trinajstić information content (AvgIpc) is 3.16. The standard InChI is InChI=1S/C15H23N3O3/c1-20-9-13-8-17(7-12-6-16-11-18(12)13)15(19)10-21-14-4-2-3-5-14/h6,11,13-14H,2-5,7-10H2,1H3. The van der Waals surface area contributed by atoms with Gasteiger partial charge in [0.05, 0.1) is 37.3 Å². The van der Waals surface area contributed by atoms with E-state index in [9.17, 15) is 4.79 Å². The van der Waals surface area contributed by atoms with E-state index in [1.54, 1.807) is 7.11 Å². The quantitative estimate of drug-likeness (QED) is 0.823. The molecule has 6 nitrogen and oxygen atoms in total. The van der Waals surface area contributed by atoms with E-state index in [1.807, 2.05) is 17.4 Å². The minimum Gasteiger partial charge on any atom is -0.382 e. The number of ether oxygens (including phenoxy) is 2. The van der Waals surface area contributed by atoms with Crippen LogP contribution in [0.3, 0.4) is 0 Å². The Kier molecular flexibility index (Phi) is 4.55. The molecule has 3 rings (SSSR count). The maximum absolute atomic E-state index is 12.4. The number of carbonyl (C=O) groups is 1. The zero-order chi connectivity index (χ0) is 14.7. The Labute approximate surface area is 125 Å². The summed E-state index contributed by atoms with van der Waals surface area (Å²) in [5, 5.41) is 0. The Bertz CT molecular complexity index is 482. The molecule has 0 saturated heterocycles. The van der Waals surface area contributed by atoms with Crippen LogP contribution < -0.4 is 0 Å². The van der Waals surface area contributed by atoms with Crippen molar-refractivity contribution >= 4 is 5.91 Å². The first kappa shape index (κ1) is 14.5. The molecule has 1 atom stereocenters. The van der Waals surface area contributed by atoms with Crippen molar-refractivity contribution in [2.75, 3.05) is 26.9 Å². The number of fused-ring (bicyclic) bond motifs is 1. The maximum atomic E-state index is 12.4. The summed E-state index contributed by atoms with van der Waals surface area (Å²) >= 11 is 0. The third-order valence-corrected chi connectivity index (χ3v) is 4.38. The number of imidazole rings is 1. The molecule has 6 heteroatoms. The van der Waals surface area contributed by atoms with Crippen molar-refractivity contribution in [3.8, 4) is 0 Å². The Balaban J connectivity index is 1.59. The first-order chi connectivity index (χ1) is 10.3. The van der Waals surface area contributed by atoms with E-state index >= 15 is 0 Å². The molecule has 1 amide bonds. The molecule has 0 radical (unpaired) electrons. The van der Waals surface area contributed by atoms with Crippen LogP contribution in [-0.4, -0.2) is 53.3 Å². The molecule has 0 bridgehead atoms. The van der Waals surface area contributed by atoms with Gasteiger partial charge in [-0.25, -0.2) is 4.98 Å². The van der Waals surface area contributed by atoms with Crippen molar-refractivity contribution in [1.29, 1.82) is 0 Å². The summed E-state index contributed by atoms with van der Waals surface area (Å²) in [5.74, 6) is 0.0652. The molecule has 1 fully saturated rings. The number of methoxy groups -OCH3 is 1. The number of hydrogen-bond donors (Lipinski definition) is 0. The number of hydrogen-bond acceptors (Lipinski definition) is 4. The summed E-state index contributed by atoms with van der Waals surface area (Å²) in [6.07, 6.45) is 8.53. The summed E-state index contributed by atoms with van der Waals surface area (Å²) in [5.41, 5.74) is 1.05. The zero-order valence-electron chi connectivity index (χ0n) is 12.5. The molecule has 0 spiro atoms. The topological polar surface area (TPSA) is 56.6 Å². The molecule has 116 valence electrons. The van der Waals surface area contributed by atoms with E-state index in [2.05, 4.69) is 9.55 Å². The summed E-state index contributed by atoms with van der Waals surface area (Å²) < 4.78 is 13.1. The molecule has 2 heterocycles. The van der Waals surface area contributed by atoms with Crippen molar-refractivity contribution < 1.29 is 14.3 Å². The van der Waals surface area contributed by atoms with Gasteiger partial charge in [-0.2, -0.15) is 0 Å². The van der Waals surface area contributed by atoms with Gasteiger partial charge in [0.15, 0.2) is 0 Å². The number of nitrogens with zero attached hydrogens (tertiary/aromatic N) is 3. The normalized spacial score (nSPS) is 22.5. The Morgan fingerprint density at radius 3 is 3.00 bits per heavy atom. The molecule has 1 aliphatic heterocycles. The van der Waals surface area contributed by atoms with Crippen LogP contribution in [0.2, 0.25) is 0 Å². The number of amides is 1. The number of rotatable bonds is 5. The number of aromatic nitrogens is 2. The monoisotopic (exact) mass is 293 g/mol. The Hall–Kier alpha value is -1.40. The average molecular weight is 293 g/mol. The van der Waals surface area contributed by atoms with Gasteiger partial charge in [0.2, 0.25) is 5.91 Å². The fourth-order valence-electron chi connectivity index (χ4n) is 3.24. The van der Waals surface area contributed by atoms with Crippen LogP contribution in [0, 0.1) is 0 Å². The SMILES string of the molecule is COCC1CN(C(=O)COC2CCCC2)Cc2cncn21. The minimum atomic E-state index is 0.0652. The van der Waals surface area contributed by atoms with E-state index in [-0.39, 0.29) is 24.7 Å². The summed E-state index contributed by atoms with van der Waals surface area (Å²) in [7, 11) is 1.68. The van der Waals surface area contributed by atoms with Crippen molar-refractivity contribution in [3.63, 3.8) is 0 Å². The highest BCUT2D eigenvalue weighted by atomic mass is 16.5. The third kappa shape index (κ3) is 3.27. The van der Waals surface area contributed by atoms with Crippen molar-refractivity contribution in [2.24, 2.45) is 0 Å². The lowest BCUT2D eigenvalue weighted by molar-refractivity contribution is -0.140. The second-order valence-electron chi connectivity index (χ2n) is 5.89. The second-order valence-corrected chi connectivity index (χ2v) is 5.89. The first-order valence-electron chi connectivity index (χ1n) is 7.67. The van der Waals surface area contributed by atoms with Gasteiger partial charge in [-0.15, -0.1) is 0 Å². The molecule has 1 saturated carbocycles. The third-order valence-electron chi connectivity index (χ3n) is 4.38. The predicted molar refractivity (Wildman–Crippen MR) is 76.8 cm³/mol. The zero-order valence-corrected chi connectivity index (χ0v) is 12.5. The van der Waals surface area contributed by atoms with Crippen molar-refractivity contribution in [3.05, 3.63) is 18.2 Å². The van der Waals surface area contributed by atoms with Gasteiger partial charge in [0, 0.05) is 19.9 Å². The van der Waals surface area contributed by atoms with Crippen LogP contribution in [-0.2, 0) is 20.8 Å². The van der Waals surface area contributed by atoms with Crippen molar-refractivity contribution in [2.45, 2.75) is 44.4 Å². The fourth-order valence-corrected chi connectivity index (χ4v) is 3.24. The first-order valence-corrected chi connectivity index (χ1v) is 7.67. The van der Waals surface area contributed by atoms with Crippen LogP contribution in [0.25, 0.3) is 0 Å². The molecule has 2 aliphatic rings. The van der Waals surface area contributed by atoms with Crippen LogP contribution in [0.4, 0.5) is 0 Å². The second kappa shape index (κ2) is 6.58. The number of carbonyl (C=O) groups excluding carboxylic acids is 1. The van der Waals surface area contributed by atoms with Gasteiger partial charge >= 0.3 is 0 Å². The maximum Gasteiger partial charge on any atom is 0.249 e. The largest absolute Gasteiger partial charge is 0.382 e. The smallest absolute Gasteiger partial charge is 0.249 e. The minimum absolute atomic E-state index is 0.0652. The predicted octanol–water partition coefficient (Wildman–Crippen LogP) is 1.37. The van der Waals surface area contributed by atoms with Gasteiger partial charge in [-0.05, 0) is 12.8 Å². The van der Waals surface area contributed by atoms with Crippen LogP contribution in [0.15, 0.2) is 12.5 Å². The molecular weight excluding hydrogens is 270 g/mol. The highest BCUT2D eigenvalue weighted by molar-refractivity contribution is 5.77. The van der Waals surface area contributed by atoms with E-state index in [0.29, 0.717) is 19.7 Å². The highest BCUT2D eigenvalue weighted by Crippen LogP contribution is 2.23. The van der Waals surface area contributed by atoms with Gasteiger partial charge in [0.25, 0.3) is 0 Å². The summed E-state index contributed by atoms with van der Waals surface area (Å²) in [4.78, 5) is 18.4. The molecular formula is C15H23N3O3. The molecule has 0 aromatic carbocycles. The van der Waals surface area contributed by atoms with Gasteiger partial charge in [-0.1, -0.05) is 12.8 Å². The Morgan fingerprint density at radius 2 is 2.24 bits per heavy atom. The molecule has 1 aromatic heterocycles. The van der Waals surface area contributed by atoms with Gasteiger partial charge in [0.1, 0.15) is 6.61 Å². The van der Waals surface area contributed by atoms with Crippen LogP contribution in [0.5, 0.6) is 0 Å². The lowest BCUT2D eigenvalue weighted by Crippen LogP contribution is -2.43. The molecule has 1 aliphatic carbocycles. The van der Waals surface area contributed by atoms with Crippen molar-refractivity contribution in [1.82, 2.24) is 14.5 Å². The Morgan fingerprint density at radius 1 is 1.43 bits per heavy atom. The molecule has 1 unspecified atom stereocenters. The summed E-state index contributed by atoms with van der Waals surface area (Å²) in [6.45, 7) is 2.03. The van der Waals surface area contributed by atoms with E-state index in [0.717, 1.165) is 18.5 Å². The molecule has 0 N–H and O–H groups in total. The van der Waals surface area contributed by atoms with E-state index < -0.39 is 0 Å². The van der Waals surface area contributed by atoms with E-state index in [1.165, 1.54) is 12.8 Å². The molecule has 21 heavy (non-hydrogen) atoms. The van der Waals surface area contributed by atoms with Crippen LogP contribution >= 0.6 is 0 Å². The van der Waals surface area contributed by atoms with Crippen LogP contribution in [0.1, 0.15) is 37.4 Å². The van der Waals surface area contributed by atoms with Gasteiger partial charge < -0.3 is 18.9 Å². The van der Waals surface area contributed by atoms with E-state index in [4.69, 9.17) is 9.47 Å². The fraction of sp³-hybridized carbons (Fsp3) is 0.733. The molecule has 1 aromatic rings. The lowest BCUT2D eigenvalue weighted by atomic mass is 10.2.